The van der Waals surface area contributed by atoms with Crippen molar-refractivity contribution in [2.75, 3.05) is 12.3 Å². The van der Waals surface area contributed by atoms with Gasteiger partial charge in [0.1, 0.15) is 6.04 Å². The molecule has 0 saturated carbocycles. The molecule has 0 radical (unpaired) electrons. The number of nitrogens with one attached hydrogen (secondary N) is 1. The van der Waals surface area contributed by atoms with Crippen LogP contribution in [-0.4, -0.2) is 37.1 Å². The Balaban J connectivity index is 2.57. The highest BCUT2D eigenvalue weighted by atomic mass is 35.5. The fraction of sp³-hybridized carbons (Fsp3) is 0.333. The molecule has 2 rings (SSSR count). The van der Waals surface area contributed by atoms with Crippen LogP contribution < -0.4 is 11.1 Å². The number of sulfonamides is 1. The van der Waals surface area contributed by atoms with E-state index < -0.39 is 34.4 Å². The number of benzene rings is 1. The molecule has 1 aromatic rings. The molecule has 1 aromatic carbocycles. The van der Waals surface area contributed by atoms with E-state index in [-0.39, 0.29) is 15.6 Å². The fourth-order valence-corrected chi connectivity index (χ4v) is 4.18. The first-order chi connectivity index (χ1) is 9.64. The topological polar surface area (TPSA) is 110 Å². The summed E-state index contributed by atoms with van der Waals surface area (Å²) in [5, 5.41) is 2.25. The van der Waals surface area contributed by atoms with Crippen LogP contribution in [0.2, 0.25) is 5.02 Å². The monoisotopic (exact) mass is 331 g/mol. The van der Waals surface area contributed by atoms with Gasteiger partial charge >= 0.3 is 0 Å². The maximum Gasteiger partial charge on any atom is 0.244 e. The summed E-state index contributed by atoms with van der Waals surface area (Å²) in [6.07, 6.45) is 0. The molecule has 114 valence electrons. The maximum atomic E-state index is 12.7. The van der Waals surface area contributed by atoms with Gasteiger partial charge in [0.2, 0.25) is 21.8 Å². The Morgan fingerprint density at radius 3 is 2.62 bits per heavy atom. The first kappa shape index (κ1) is 15.7. The number of carbonyl (C=O) groups excluding carboxylic acids is 2. The van der Waals surface area contributed by atoms with Gasteiger partial charge in [-0.15, -0.1) is 0 Å². The minimum atomic E-state index is -4.07. The van der Waals surface area contributed by atoms with Crippen LogP contribution in [0, 0.1) is 6.92 Å². The van der Waals surface area contributed by atoms with E-state index in [0.29, 0.717) is 5.56 Å². The summed E-state index contributed by atoms with van der Waals surface area (Å²) in [5.74, 6) is -1.34. The average molecular weight is 332 g/mol. The standard InChI is InChI=1S/C12H14ClN3O4S/c1-6-9(14)3-8(13)4-10(6)21(19,20)16-5-11(17)15-12(18)7(16)2/h3-4,7H,5,14H2,1-2H3,(H,15,17,18). The second-order valence-electron chi connectivity index (χ2n) is 4.76. The summed E-state index contributed by atoms with van der Waals surface area (Å²) >= 11 is 5.85. The number of rotatable bonds is 2. The normalized spacial score (nSPS) is 20.4. The van der Waals surface area contributed by atoms with Crippen molar-refractivity contribution in [3.8, 4) is 0 Å². The summed E-state index contributed by atoms with van der Waals surface area (Å²) in [7, 11) is -4.07. The van der Waals surface area contributed by atoms with Gasteiger partial charge in [0.15, 0.2) is 0 Å². The highest BCUT2D eigenvalue weighted by Gasteiger charge is 2.39. The van der Waals surface area contributed by atoms with E-state index in [0.717, 1.165) is 4.31 Å². The van der Waals surface area contributed by atoms with Gasteiger partial charge in [-0.1, -0.05) is 11.6 Å². The molecule has 1 heterocycles. The fourth-order valence-electron chi connectivity index (χ4n) is 2.05. The molecule has 2 amide bonds. The predicted octanol–water partition coefficient (Wildman–Crippen LogP) is 0.266. The molecule has 21 heavy (non-hydrogen) atoms. The molecule has 1 atom stereocenters. The Labute approximate surface area is 127 Å². The van der Waals surface area contributed by atoms with Crippen LogP contribution in [0.25, 0.3) is 0 Å². The predicted molar refractivity (Wildman–Crippen MR) is 77.1 cm³/mol. The zero-order chi connectivity index (χ0) is 15.9. The number of hydrogen-bond donors (Lipinski definition) is 2. The summed E-state index contributed by atoms with van der Waals surface area (Å²) in [6.45, 7) is 2.51. The largest absolute Gasteiger partial charge is 0.398 e. The van der Waals surface area contributed by atoms with Crippen LogP contribution >= 0.6 is 11.6 Å². The number of halogens is 1. The van der Waals surface area contributed by atoms with Crippen LogP contribution in [0.5, 0.6) is 0 Å². The van der Waals surface area contributed by atoms with E-state index in [9.17, 15) is 18.0 Å². The molecule has 1 aliphatic heterocycles. The third-order valence-electron chi connectivity index (χ3n) is 3.33. The van der Waals surface area contributed by atoms with Crippen molar-refractivity contribution in [2.24, 2.45) is 0 Å². The van der Waals surface area contributed by atoms with E-state index in [4.69, 9.17) is 17.3 Å². The molecule has 1 aliphatic rings. The third-order valence-corrected chi connectivity index (χ3v) is 5.59. The second kappa shape index (κ2) is 5.28. The smallest absolute Gasteiger partial charge is 0.244 e. The van der Waals surface area contributed by atoms with Crippen molar-refractivity contribution in [3.63, 3.8) is 0 Å². The highest BCUT2D eigenvalue weighted by molar-refractivity contribution is 7.89. The number of anilines is 1. The number of carbonyl (C=O) groups is 2. The van der Waals surface area contributed by atoms with Gasteiger partial charge in [0, 0.05) is 10.7 Å². The van der Waals surface area contributed by atoms with Gasteiger partial charge < -0.3 is 5.73 Å². The van der Waals surface area contributed by atoms with Gasteiger partial charge in [-0.25, -0.2) is 8.42 Å². The van der Waals surface area contributed by atoms with Gasteiger partial charge in [-0.05, 0) is 31.5 Å². The molecular formula is C12H14ClN3O4S. The summed E-state index contributed by atoms with van der Waals surface area (Å²) < 4.78 is 26.2. The number of nitrogens with zero attached hydrogens (tertiary/aromatic N) is 1. The number of nitrogens with two attached hydrogens (primary N) is 1. The molecule has 9 heteroatoms. The molecule has 0 bridgehead atoms. The lowest BCUT2D eigenvalue weighted by Crippen LogP contribution is -2.58. The Hall–Kier alpha value is -1.64. The highest BCUT2D eigenvalue weighted by Crippen LogP contribution is 2.29. The van der Waals surface area contributed by atoms with Crippen LogP contribution in [0.3, 0.4) is 0 Å². The minimum Gasteiger partial charge on any atom is -0.398 e. The molecule has 1 saturated heterocycles. The number of imide groups is 1. The van der Waals surface area contributed by atoms with E-state index in [1.165, 1.54) is 26.0 Å². The van der Waals surface area contributed by atoms with E-state index in [1.54, 1.807) is 0 Å². The minimum absolute atomic E-state index is 0.109. The van der Waals surface area contributed by atoms with Gasteiger partial charge in [0.05, 0.1) is 11.4 Å². The first-order valence-corrected chi connectivity index (χ1v) is 7.87. The lowest BCUT2D eigenvalue weighted by molar-refractivity contribution is -0.136. The van der Waals surface area contributed by atoms with E-state index >= 15 is 0 Å². The Morgan fingerprint density at radius 1 is 1.38 bits per heavy atom. The first-order valence-electron chi connectivity index (χ1n) is 6.05. The summed E-state index contributed by atoms with van der Waals surface area (Å²) in [4.78, 5) is 23.0. The van der Waals surface area contributed by atoms with E-state index in [2.05, 4.69) is 5.32 Å². The van der Waals surface area contributed by atoms with Crippen LogP contribution in [0.4, 0.5) is 5.69 Å². The number of nitrogen functional groups attached to an aromatic ring is 1. The van der Waals surface area contributed by atoms with Crippen LogP contribution in [0.15, 0.2) is 17.0 Å². The zero-order valence-corrected chi connectivity index (χ0v) is 13.0. The Morgan fingerprint density at radius 2 is 2.00 bits per heavy atom. The molecule has 0 spiro atoms. The zero-order valence-electron chi connectivity index (χ0n) is 11.4. The number of hydrogen-bond acceptors (Lipinski definition) is 5. The summed E-state index contributed by atoms with van der Waals surface area (Å²) in [6, 6.07) is 1.70. The van der Waals surface area contributed by atoms with Crippen molar-refractivity contribution in [1.82, 2.24) is 9.62 Å². The maximum absolute atomic E-state index is 12.7. The molecule has 1 unspecified atom stereocenters. The molecule has 0 aromatic heterocycles. The lowest BCUT2D eigenvalue weighted by Gasteiger charge is -2.31. The SMILES string of the molecule is Cc1c(N)cc(Cl)cc1S(=O)(=O)N1CC(=O)NC(=O)C1C. The van der Waals surface area contributed by atoms with Crippen molar-refractivity contribution >= 4 is 39.1 Å². The van der Waals surface area contributed by atoms with Gasteiger partial charge in [-0.2, -0.15) is 4.31 Å². The summed E-state index contributed by atoms with van der Waals surface area (Å²) in [5.41, 5.74) is 6.27. The van der Waals surface area contributed by atoms with Crippen LogP contribution in [-0.2, 0) is 19.6 Å². The van der Waals surface area contributed by atoms with Gasteiger partial charge in [0.25, 0.3) is 0 Å². The average Bonchev–Trinajstić information content (AvgIpc) is 2.37. The Kier molecular flexibility index (Phi) is 3.96. The van der Waals surface area contributed by atoms with E-state index in [1.807, 2.05) is 0 Å². The molecular weight excluding hydrogens is 318 g/mol. The molecule has 1 fully saturated rings. The van der Waals surface area contributed by atoms with Gasteiger partial charge in [-0.3, -0.25) is 14.9 Å². The second-order valence-corrected chi connectivity index (χ2v) is 7.05. The number of piperazine rings is 1. The van der Waals surface area contributed by atoms with Crippen molar-refractivity contribution in [3.05, 3.63) is 22.7 Å². The molecule has 3 N–H and O–H groups in total. The Bertz CT molecular complexity index is 732. The third kappa shape index (κ3) is 2.74. The lowest BCUT2D eigenvalue weighted by atomic mass is 10.2. The molecule has 0 aliphatic carbocycles. The van der Waals surface area contributed by atoms with Crippen molar-refractivity contribution < 1.29 is 18.0 Å². The molecule has 7 nitrogen and oxygen atoms in total. The van der Waals surface area contributed by atoms with Crippen LogP contribution in [0.1, 0.15) is 12.5 Å². The van der Waals surface area contributed by atoms with Crippen molar-refractivity contribution in [1.29, 1.82) is 0 Å². The quantitative estimate of drug-likeness (QED) is 0.597. The van der Waals surface area contributed by atoms with Crippen molar-refractivity contribution in [2.45, 2.75) is 24.8 Å². The number of amides is 2.